The highest BCUT2D eigenvalue weighted by molar-refractivity contribution is 14.0. The zero-order chi connectivity index (χ0) is 17.5. The number of rotatable bonds is 5. The van der Waals surface area contributed by atoms with Crippen molar-refractivity contribution in [3.63, 3.8) is 0 Å². The van der Waals surface area contributed by atoms with Crippen LogP contribution in [0.4, 0.5) is 5.69 Å². The fraction of sp³-hybridized carbons (Fsp3) is 0.350. The van der Waals surface area contributed by atoms with Crippen molar-refractivity contribution in [2.75, 3.05) is 31.6 Å². The van der Waals surface area contributed by atoms with Gasteiger partial charge >= 0.3 is 0 Å². The lowest BCUT2D eigenvalue weighted by atomic mass is 10.1. The van der Waals surface area contributed by atoms with Crippen LogP contribution >= 0.6 is 24.0 Å². The summed E-state index contributed by atoms with van der Waals surface area (Å²) in [5, 5.41) is 3.11. The van der Waals surface area contributed by atoms with Gasteiger partial charge in [0.15, 0.2) is 5.96 Å². The third-order valence-corrected chi connectivity index (χ3v) is 4.29. The van der Waals surface area contributed by atoms with Gasteiger partial charge in [0.1, 0.15) is 0 Å². The van der Waals surface area contributed by atoms with Gasteiger partial charge in [-0.3, -0.25) is 4.90 Å². The number of aryl methyl sites for hydroxylation is 1. The number of hydrogen-bond acceptors (Lipinski definition) is 3. The molecule has 0 atom stereocenters. The molecule has 0 saturated carbocycles. The van der Waals surface area contributed by atoms with Gasteiger partial charge in [0, 0.05) is 25.3 Å². The highest BCUT2D eigenvalue weighted by Crippen LogP contribution is 2.11. The van der Waals surface area contributed by atoms with Crippen LogP contribution < -0.4 is 11.1 Å². The van der Waals surface area contributed by atoms with Gasteiger partial charge < -0.3 is 15.8 Å². The van der Waals surface area contributed by atoms with Gasteiger partial charge in [-0.05, 0) is 30.2 Å². The van der Waals surface area contributed by atoms with Gasteiger partial charge in [0.05, 0.1) is 19.8 Å². The molecular weight excluding hydrogens is 439 g/mol. The molecule has 0 amide bonds. The van der Waals surface area contributed by atoms with Crippen molar-refractivity contribution < 1.29 is 4.74 Å². The third kappa shape index (κ3) is 6.59. The van der Waals surface area contributed by atoms with E-state index in [1.807, 2.05) is 24.3 Å². The quantitative estimate of drug-likeness (QED) is 0.403. The Morgan fingerprint density at radius 1 is 1.04 bits per heavy atom. The molecule has 1 heterocycles. The third-order valence-electron chi connectivity index (χ3n) is 4.29. The van der Waals surface area contributed by atoms with E-state index in [2.05, 4.69) is 46.4 Å². The second-order valence-electron chi connectivity index (χ2n) is 6.40. The summed E-state index contributed by atoms with van der Waals surface area (Å²) >= 11 is 0. The zero-order valence-electron chi connectivity index (χ0n) is 15.1. The lowest BCUT2D eigenvalue weighted by Crippen LogP contribution is -2.35. The second kappa shape index (κ2) is 10.5. The molecular formula is C20H27IN4O. The molecule has 3 N–H and O–H groups in total. The molecule has 0 spiro atoms. The fourth-order valence-corrected chi connectivity index (χ4v) is 2.77. The number of benzene rings is 2. The van der Waals surface area contributed by atoms with E-state index >= 15 is 0 Å². The minimum absolute atomic E-state index is 0. The molecule has 2 aromatic carbocycles. The summed E-state index contributed by atoms with van der Waals surface area (Å²) in [5.41, 5.74) is 10.6. The number of morpholine rings is 1. The first-order valence-electron chi connectivity index (χ1n) is 8.70. The Hall–Kier alpha value is -1.64. The smallest absolute Gasteiger partial charge is 0.193 e. The van der Waals surface area contributed by atoms with Gasteiger partial charge in [0.2, 0.25) is 0 Å². The molecule has 140 valence electrons. The average molecular weight is 466 g/mol. The Labute approximate surface area is 172 Å². The summed E-state index contributed by atoms with van der Waals surface area (Å²) in [4.78, 5) is 6.83. The Morgan fingerprint density at radius 3 is 2.31 bits per heavy atom. The predicted molar refractivity (Wildman–Crippen MR) is 118 cm³/mol. The lowest BCUT2D eigenvalue weighted by Gasteiger charge is -2.26. The van der Waals surface area contributed by atoms with Crippen LogP contribution in [0.2, 0.25) is 0 Å². The van der Waals surface area contributed by atoms with Crippen molar-refractivity contribution >= 4 is 35.6 Å². The van der Waals surface area contributed by atoms with E-state index < -0.39 is 0 Å². The van der Waals surface area contributed by atoms with E-state index in [9.17, 15) is 0 Å². The molecule has 2 aromatic rings. The molecule has 1 saturated heterocycles. The minimum Gasteiger partial charge on any atom is -0.379 e. The number of nitrogens with two attached hydrogens (primary N) is 1. The van der Waals surface area contributed by atoms with Gasteiger partial charge in [-0.2, -0.15) is 0 Å². The number of hydrogen-bond donors (Lipinski definition) is 2. The zero-order valence-corrected chi connectivity index (χ0v) is 17.5. The average Bonchev–Trinajstić information content (AvgIpc) is 2.64. The molecule has 1 aliphatic heterocycles. The minimum atomic E-state index is 0. The van der Waals surface area contributed by atoms with E-state index in [0.29, 0.717) is 12.5 Å². The van der Waals surface area contributed by atoms with Crippen molar-refractivity contribution in [3.8, 4) is 0 Å². The van der Waals surface area contributed by atoms with Gasteiger partial charge in [-0.15, -0.1) is 24.0 Å². The molecule has 1 fully saturated rings. The highest BCUT2D eigenvalue weighted by atomic mass is 127. The van der Waals surface area contributed by atoms with E-state index in [-0.39, 0.29) is 24.0 Å². The van der Waals surface area contributed by atoms with Crippen LogP contribution in [0, 0.1) is 6.92 Å². The molecule has 6 heteroatoms. The van der Waals surface area contributed by atoms with Crippen molar-refractivity contribution in [1.29, 1.82) is 0 Å². The summed E-state index contributed by atoms with van der Waals surface area (Å²) in [7, 11) is 0. The van der Waals surface area contributed by atoms with Crippen LogP contribution in [0.25, 0.3) is 0 Å². The SMILES string of the molecule is Cc1ccc(NC(N)=NCc2ccc(CN3CCOCC3)cc2)cc1.I. The molecule has 0 radical (unpaired) electrons. The number of guanidine groups is 1. The lowest BCUT2D eigenvalue weighted by molar-refractivity contribution is 0.0342. The van der Waals surface area contributed by atoms with Crippen LogP contribution in [0.5, 0.6) is 0 Å². The Balaban J connectivity index is 0.00000243. The van der Waals surface area contributed by atoms with E-state index in [1.54, 1.807) is 0 Å². The predicted octanol–water partition coefficient (Wildman–Crippen LogP) is 3.37. The first-order chi connectivity index (χ1) is 12.2. The number of halogens is 1. The maximum absolute atomic E-state index is 5.97. The summed E-state index contributed by atoms with van der Waals surface area (Å²) < 4.78 is 5.39. The largest absolute Gasteiger partial charge is 0.379 e. The highest BCUT2D eigenvalue weighted by Gasteiger charge is 2.10. The molecule has 0 bridgehead atoms. The van der Waals surface area contributed by atoms with Crippen molar-refractivity contribution in [3.05, 3.63) is 65.2 Å². The first kappa shape index (κ1) is 20.7. The number of anilines is 1. The Kier molecular flexibility index (Phi) is 8.34. The number of ether oxygens (including phenoxy) is 1. The van der Waals surface area contributed by atoms with Crippen molar-refractivity contribution in [1.82, 2.24) is 4.90 Å². The number of nitrogens with zero attached hydrogens (tertiary/aromatic N) is 2. The molecule has 1 aliphatic rings. The Bertz CT molecular complexity index is 695. The van der Waals surface area contributed by atoms with E-state index in [0.717, 1.165) is 44.1 Å². The fourth-order valence-electron chi connectivity index (χ4n) is 2.77. The summed E-state index contributed by atoms with van der Waals surface area (Å²) in [6.07, 6.45) is 0. The monoisotopic (exact) mass is 466 g/mol. The summed E-state index contributed by atoms with van der Waals surface area (Å²) in [6, 6.07) is 16.7. The van der Waals surface area contributed by atoms with Gasteiger partial charge in [0.25, 0.3) is 0 Å². The molecule has 26 heavy (non-hydrogen) atoms. The standard InChI is InChI=1S/C20H26N4O.HI/c1-16-2-8-19(9-3-16)23-20(21)22-14-17-4-6-18(7-5-17)15-24-10-12-25-13-11-24;/h2-9H,10-15H2,1H3,(H3,21,22,23);1H. The Morgan fingerprint density at radius 2 is 1.65 bits per heavy atom. The molecule has 0 aliphatic carbocycles. The van der Waals surface area contributed by atoms with Crippen LogP contribution in [-0.4, -0.2) is 37.2 Å². The van der Waals surface area contributed by atoms with Crippen molar-refractivity contribution in [2.24, 2.45) is 10.7 Å². The number of nitrogens with one attached hydrogen (secondary N) is 1. The second-order valence-corrected chi connectivity index (χ2v) is 6.40. The maximum atomic E-state index is 5.97. The maximum Gasteiger partial charge on any atom is 0.193 e. The van der Waals surface area contributed by atoms with E-state index in [4.69, 9.17) is 10.5 Å². The van der Waals surface area contributed by atoms with Crippen LogP contribution in [0.1, 0.15) is 16.7 Å². The van der Waals surface area contributed by atoms with E-state index in [1.165, 1.54) is 11.1 Å². The van der Waals surface area contributed by atoms with Gasteiger partial charge in [-0.1, -0.05) is 42.0 Å². The van der Waals surface area contributed by atoms with Crippen LogP contribution in [-0.2, 0) is 17.8 Å². The molecule has 5 nitrogen and oxygen atoms in total. The van der Waals surface area contributed by atoms with Crippen LogP contribution in [0.3, 0.4) is 0 Å². The topological polar surface area (TPSA) is 62.9 Å². The van der Waals surface area contributed by atoms with Gasteiger partial charge in [-0.25, -0.2) is 4.99 Å². The normalized spacial score (nSPS) is 15.3. The van der Waals surface area contributed by atoms with Crippen molar-refractivity contribution in [2.45, 2.75) is 20.0 Å². The summed E-state index contributed by atoms with van der Waals surface area (Å²) in [6.45, 7) is 7.29. The van der Waals surface area contributed by atoms with Crippen LogP contribution in [0.15, 0.2) is 53.5 Å². The number of aliphatic imine (C=N–C) groups is 1. The summed E-state index contributed by atoms with van der Waals surface area (Å²) in [5.74, 6) is 0.432. The molecule has 0 aromatic heterocycles. The first-order valence-corrected chi connectivity index (χ1v) is 8.70. The molecule has 0 unspecified atom stereocenters. The molecule has 3 rings (SSSR count).